The van der Waals surface area contributed by atoms with Gasteiger partial charge in [-0.15, -0.1) is 0 Å². The fourth-order valence-electron chi connectivity index (χ4n) is 7.70. The number of nitrogens with one attached hydrogen (secondary N) is 5. The fraction of sp³-hybridized carbons (Fsp3) is 0.851. The van der Waals surface area contributed by atoms with E-state index in [1.807, 2.05) is 0 Å². The molecule has 2 heterocycles. The third-order valence-corrected chi connectivity index (χ3v) is 10.2. The van der Waals surface area contributed by atoms with E-state index in [2.05, 4.69) is 26.6 Å². The second-order valence-electron chi connectivity index (χ2n) is 23.2. The van der Waals surface area contributed by atoms with Crippen LogP contribution in [-0.4, -0.2) is 173 Å². The highest BCUT2D eigenvalue weighted by Gasteiger charge is 2.59. The highest BCUT2D eigenvalue weighted by Crippen LogP contribution is 2.36. The number of aliphatic hydroxyl groups excluding tert-OH is 1. The number of rotatable bonds is 12. The first-order chi connectivity index (χ1) is 32.6. The Labute approximate surface area is 421 Å². The van der Waals surface area contributed by atoms with Gasteiger partial charge in [-0.05, 0) is 124 Å². The Hall–Kier alpha value is -4.95. The summed E-state index contributed by atoms with van der Waals surface area (Å²) in [5.74, 6) is -1.88. The van der Waals surface area contributed by atoms with Crippen LogP contribution < -0.4 is 26.6 Å². The summed E-state index contributed by atoms with van der Waals surface area (Å²) in [6.07, 6.45) is -18.0. The summed E-state index contributed by atoms with van der Waals surface area (Å²) in [7, 11) is 0. The van der Waals surface area contributed by atoms with Crippen molar-refractivity contribution in [2.45, 2.75) is 244 Å². The number of alkyl carbamates (subject to hydrolysis) is 5. The molecule has 2 aliphatic heterocycles. The maximum atomic E-state index is 13.8. The Morgan fingerprint density at radius 1 is 0.542 bits per heavy atom. The van der Waals surface area contributed by atoms with Crippen molar-refractivity contribution in [3.63, 3.8) is 0 Å². The maximum absolute atomic E-state index is 13.8. The molecule has 1 aliphatic carbocycles. The Balaban J connectivity index is 2.30. The van der Waals surface area contributed by atoms with Crippen LogP contribution >= 0.6 is 0 Å². The van der Waals surface area contributed by atoms with Gasteiger partial charge in [-0.3, -0.25) is 9.59 Å². The first-order valence-corrected chi connectivity index (χ1v) is 23.9. The monoisotopic (exact) mass is 1040 g/mol. The molecule has 72 heavy (non-hydrogen) atoms. The topological polar surface area (TPSA) is 322 Å². The van der Waals surface area contributed by atoms with E-state index in [4.69, 9.17) is 52.1 Å². The van der Waals surface area contributed by atoms with E-state index >= 15 is 0 Å². The van der Waals surface area contributed by atoms with Crippen molar-refractivity contribution in [2.75, 3.05) is 13.2 Å². The van der Waals surface area contributed by atoms with Gasteiger partial charge in [0.05, 0.1) is 18.8 Å². The Morgan fingerprint density at radius 3 is 1.36 bits per heavy atom. The van der Waals surface area contributed by atoms with E-state index in [0.29, 0.717) is 0 Å². The van der Waals surface area contributed by atoms with E-state index in [1.54, 1.807) is 104 Å². The zero-order valence-electron chi connectivity index (χ0n) is 45.0. The number of amides is 5. The average Bonchev–Trinajstić information content (AvgIpc) is 3.14. The van der Waals surface area contributed by atoms with Crippen molar-refractivity contribution < 1.29 is 95.9 Å². The summed E-state index contributed by atoms with van der Waals surface area (Å²) in [4.78, 5) is 92.9. The van der Waals surface area contributed by atoms with Crippen LogP contribution in [0, 0.1) is 0 Å². The lowest BCUT2D eigenvalue weighted by atomic mass is 9.80. The van der Waals surface area contributed by atoms with E-state index in [-0.39, 0.29) is 19.4 Å². The second kappa shape index (κ2) is 23.9. The van der Waals surface area contributed by atoms with Crippen molar-refractivity contribution in [3.05, 3.63) is 0 Å². The zero-order chi connectivity index (χ0) is 55.1. The van der Waals surface area contributed by atoms with Gasteiger partial charge in [0, 0.05) is 20.4 Å². The highest BCUT2D eigenvalue weighted by atomic mass is 16.7. The lowest BCUT2D eigenvalue weighted by molar-refractivity contribution is -0.316. The number of aliphatic hydroxyl groups is 2. The van der Waals surface area contributed by atoms with Gasteiger partial charge >= 0.3 is 42.4 Å². The summed E-state index contributed by atoms with van der Waals surface area (Å²) in [6.45, 7) is 26.9. The summed E-state index contributed by atoms with van der Waals surface area (Å²) < 4.78 is 64.7. The molecule has 2 saturated heterocycles. The molecular weight excluding hydrogens is 955 g/mol. The lowest BCUT2D eigenvalue weighted by Gasteiger charge is -2.52. The average molecular weight is 1040 g/mol. The van der Waals surface area contributed by atoms with Gasteiger partial charge in [0.15, 0.2) is 18.7 Å². The molecule has 1 saturated carbocycles. The molecule has 0 spiro atoms. The molecule has 25 heteroatoms. The molecule has 13 atom stereocenters. The Kier molecular flexibility index (Phi) is 20.4. The molecule has 5 unspecified atom stereocenters. The fourth-order valence-corrected chi connectivity index (χ4v) is 7.70. The van der Waals surface area contributed by atoms with Crippen LogP contribution in [0.3, 0.4) is 0 Å². The summed E-state index contributed by atoms with van der Waals surface area (Å²) >= 11 is 0. The summed E-state index contributed by atoms with van der Waals surface area (Å²) in [5, 5.41) is 37.6. The van der Waals surface area contributed by atoms with Crippen molar-refractivity contribution in [1.82, 2.24) is 26.6 Å². The van der Waals surface area contributed by atoms with E-state index in [1.165, 1.54) is 6.92 Å². The predicted octanol–water partition coefficient (Wildman–Crippen LogP) is 3.71. The predicted molar refractivity (Wildman–Crippen MR) is 252 cm³/mol. The van der Waals surface area contributed by atoms with Gasteiger partial charge in [-0.25, -0.2) is 24.0 Å². The van der Waals surface area contributed by atoms with Crippen molar-refractivity contribution >= 4 is 42.4 Å². The van der Waals surface area contributed by atoms with Crippen LogP contribution in [0.15, 0.2) is 0 Å². The number of hydrogen-bond acceptors (Lipinski definition) is 20. The van der Waals surface area contributed by atoms with Crippen LogP contribution in [0.2, 0.25) is 0 Å². The molecule has 3 fully saturated rings. The SMILES string of the molecule is CC(=O)OC1[C@@H](O[C@@H]2C(O)C(O[C@H]3O[C@H](CNC(=O)OC(C)(C)C)CCC3NC(=O)OC(C)(C)C)[C@@H](NC(=O)OC(C)(C)C)[C@@H](OC(C)=O)C2NC(=O)OC(C)(C)C)OC[C@](C)(O)[C@@H]1NC(=O)OC(C)(C)C. The van der Waals surface area contributed by atoms with E-state index in [9.17, 15) is 43.8 Å². The number of esters is 2. The van der Waals surface area contributed by atoms with Gasteiger partial charge in [-0.2, -0.15) is 0 Å². The zero-order valence-corrected chi connectivity index (χ0v) is 45.0. The molecule has 0 radical (unpaired) electrons. The summed E-state index contributed by atoms with van der Waals surface area (Å²) in [5.41, 5.74) is -6.98. The number of hydrogen-bond donors (Lipinski definition) is 7. The van der Waals surface area contributed by atoms with Crippen molar-refractivity contribution in [1.29, 1.82) is 0 Å². The number of carbonyl (C=O) groups is 7. The molecule has 0 aromatic heterocycles. The largest absolute Gasteiger partial charge is 0.458 e. The first-order valence-electron chi connectivity index (χ1n) is 23.9. The maximum Gasteiger partial charge on any atom is 0.408 e. The Bertz CT molecular complexity index is 1900. The van der Waals surface area contributed by atoms with Gasteiger partial charge in [0.2, 0.25) is 0 Å². The molecule has 0 aromatic rings. The molecule has 7 N–H and O–H groups in total. The van der Waals surface area contributed by atoms with Gasteiger partial charge in [0.1, 0.15) is 76.1 Å². The van der Waals surface area contributed by atoms with Crippen molar-refractivity contribution in [2.24, 2.45) is 0 Å². The normalized spacial score (nSPS) is 30.3. The van der Waals surface area contributed by atoms with Gasteiger partial charge < -0.3 is 88.9 Å². The van der Waals surface area contributed by atoms with E-state index in [0.717, 1.165) is 13.8 Å². The standard InChI is InChI=1S/C47H81N5O20/c1-23(53)63-30-27(50-39(58)70-44(9,10)11)31(66-35-26(49-38(57)69-43(6,7)8)20-19-25(65-35)21-48-37(56)68-42(3,4)5)29(55)32(28(30)51-40(59)71-45(12,13)14)67-36-33(64-24(2)54)34(47(18,61)22-62-36)52-41(60)72-46(15,16)17/h25-36,55,61H,19-22H2,1-18H3,(H,48,56)(H,49,57)(H,50,58)(H,51,59)(H,52,60)/t25-,26?,27-,28?,29?,30+,31?,32-,33?,34+,35+,36+,47-/m0/s1. The van der Waals surface area contributed by atoms with Crippen LogP contribution in [0.5, 0.6) is 0 Å². The third-order valence-electron chi connectivity index (χ3n) is 10.2. The molecule has 0 aromatic carbocycles. The van der Waals surface area contributed by atoms with Crippen LogP contribution in [0.1, 0.15) is 137 Å². The van der Waals surface area contributed by atoms with E-state index < -0.39 is 156 Å². The molecule has 3 aliphatic rings. The van der Waals surface area contributed by atoms with Crippen LogP contribution in [-0.2, 0) is 61.7 Å². The Morgan fingerprint density at radius 2 is 0.931 bits per heavy atom. The molecule has 25 nitrogen and oxygen atoms in total. The first kappa shape index (κ1) is 61.4. The third kappa shape index (κ3) is 20.5. The number of ether oxygens (including phenoxy) is 11. The minimum absolute atomic E-state index is 0.122. The number of carbonyl (C=O) groups excluding carboxylic acids is 7. The molecule has 5 amide bonds. The van der Waals surface area contributed by atoms with Crippen molar-refractivity contribution in [3.8, 4) is 0 Å². The minimum Gasteiger partial charge on any atom is -0.458 e. The minimum atomic E-state index is -2.08. The molecule has 3 rings (SSSR count). The quantitative estimate of drug-likeness (QED) is 0.108. The molecule has 0 bridgehead atoms. The molecule has 414 valence electrons. The van der Waals surface area contributed by atoms with Crippen LogP contribution in [0.25, 0.3) is 0 Å². The highest BCUT2D eigenvalue weighted by molar-refractivity contribution is 5.72. The lowest BCUT2D eigenvalue weighted by Crippen LogP contribution is -2.76. The molecular formula is C47H81N5O20. The smallest absolute Gasteiger partial charge is 0.408 e. The van der Waals surface area contributed by atoms with Crippen LogP contribution in [0.4, 0.5) is 24.0 Å². The second-order valence-corrected chi connectivity index (χ2v) is 23.2. The van der Waals surface area contributed by atoms with Gasteiger partial charge in [0.25, 0.3) is 0 Å². The van der Waals surface area contributed by atoms with Gasteiger partial charge in [-0.1, -0.05) is 0 Å². The summed E-state index contributed by atoms with van der Waals surface area (Å²) in [6, 6.07) is -6.00.